The number of hydrogen-bond donors (Lipinski definition) is 2. The molecule has 3 N–H and O–H groups in total. The Labute approximate surface area is 96.5 Å². The largest absolute Gasteiger partial charge is 0.480 e. The van der Waals surface area contributed by atoms with E-state index in [0.29, 0.717) is 5.65 Å². The minimum atomic E-state index is -1.20. The van der Waals surface area contributed by atoms with Gasteiger partial charge in [-0.3, -0.25) is 9.20 Å². The van der Waals surface area contributed by atoms with E-state index in [1.165, 1.54) is 0 Å². The Morgan fingerprint density at radius 3 is 3.00 bits per heavy atom. The molecule has 0 saturated carbocycles. The number of carbonyl (C=O) groups is 1. The monoisotopic (exact) mass is 239 g/mol. The normalized spacial score (nSPS) is 12.9. The molecule has 2 heterocycles. The highest BCUT2D eigenvalue weighted by atomic mass is 35.5. The smallest absolute Gasteiger partial charge is 0.326 e. The average molecular weight is 240 g/mol. The summed E-state index contributed by atoms with van der Waals surface area (Å²) in [6.07, 6.45) is 1.73. The number of aryl methyl sites for hydroxylation is 1. The summed E-state index contributed by atoms with van der Waals surface area (Å²) in [5.41, 5.74) is 7.27. The molecule has 0 bridgehead atoms. The number of hydrogen-bond acceptors (Lipinski definition) is 3. The minimum absolute atomic E-state index is 0.180. The van der Waals surface area contributed by atoms with Crippen molar-refractivity contribution in [3.63, 3.8) is 0 Å². The molecular weight excluding hydrogens is 230 g/mol. The Morgan fingerprint density at radius 2 is 2.38 bits per heavy atom. The van der Waals surface area contributed by atoms with Crippen LogP contribution in [0.3, 0.4) is 0 Å². The summed E-state index contributed by atoms with van der Waals surface area (Å²) >= 11 is 6.01. The zero-order valence-corrected chi connectivity index (χ0v) is 9.27. The molecule has 0 aliphatic carbocycles. The Hall–Kier alpha value is -1.59. The number of carboxylic acid groups (broad SMARTS) is 1. The van der Waals surface area contributed by atoms with Crippen LogP contribution in [0.1, 0.15) is 17.3 Å². The van der Waals surface area contributed by atoms with Crippen molar-refractivity contribution in [2.24, 2.45) is 5.73 Å². The second kappa shape index (κ2) is 3.77. The second-order valence-corrected chi connectivity index (χ2v) is 3.89. The lowest BCUT2D eigenvalue weighted by Crippen LogP contribution is -2.21. The number of pyridine rings is 1. The maximum absolute atomic E-state index is 10.8. The quantitative estimate of drug-likeness (QED) is 0.830. The van der Waals surface area contributed by atoms with Crippen molar-refractivity contribution in [1.29, 1.82) is 0 Å². The molecule has 1 unspecified atom stereocenters. The molecule has 0 radical (unpaired) electrons. The zero-order valence-electron chi connectivity index (χ0n) is 8.51. The van der Waals surface area contributed by atoms with Crippen LogP contribution in [0.25, 0.3) is 5.65 Å². The molecule has 0 amide bonds. The summed E-state index contributed by atoms with van der Waals surface area (Å²) in [7, 11) is 0. The van der Waals surface area contributed by atoms with Crippen LogP contribution in [0, 0.1) is 6.92 Å². The van der Waals surface area contributed by atoms with Crippen LogP contribution in [0.15, 0.2) is 18.3 Å². The van der Waals surface area contributed by atoms with E-state index in [1.54, 1.807) is 10.6 Å². The third kappa shape index (κ3) is 1.64. The van der Waals surface area contributed by atoms with Gasteiger partial charge in [0.05, 0.1) is 0 Å². The van der Waals surface area contributed by atoms with Crippen LogP contribution in [0.4, 0.5) is 0 Å². The van der Waals surface area contributed by atoms with Crippen LogP contribution in [0.5, 0.6) is 0 Å². The summed E-state index contributed by atoms with van der Waals surface area (Å²) in [5.74, 6) is -1.15. The fourth-order valence-electron chi connectivity index (χ4n) is 1.45. The number of aliphatic carboxylic acids is 1. The topological polar surface area (TPSA) is 80.6 Å². The van der Waals surface area contributed by atoms with Gasteiger partial charge in [0.2, 0.25) is 0 Å². The van der Waals surface area contributed by atoms with Crippen molar-refractivity contribution >= 4 is 23.2 Å². The number of fused-ring (bicyclic) bond motifs is 1. The second-order valence-electron chi connectivity index (χ2n) is 3.54. The Bertz CT molecular complexity index is 564. The van der Waals surface area contributed by atoms with Crippen LogP contribution < -0.4 is 5.73 Å². The van der Waals surface area contributed by atoms with Gasteiger partial charge in [0.15, 0.2) is 0 Å². The molecule has 2 aromatic rings. The van der Waals surface area contributed by atoms with Crippen molar-refractivity contribution in [3.8, 4) is 0 Å². The summed E-state index contributed by atoms with van der Waals surface area (Å²) in [4.78, 5) is 14.9. The van der Waals surface area contributed by atoms with Gasteiger partial charge in [-0.25, -0.2) is 4.98 Å². The van der Waals surface area contributed by atoms with Crippen molar-refractivity contribution in [1.82, 2.24) is 9.38 Å². The Balaban J connectivity index is 2.64. The van der Waals surface area contributed by atoms with E-state index in [9.17, 15) is 4.79 Å². The maximum atomic E-state index is 10.8. The molecule has 84 valence electrons. The van der Waals surface area contributed by atoms with E-state index in [4.69, 9.17) is 22.4 Å². The predicted octanol–water partition coefficient (Wildman–Crippen LogP) is 1.38. The number of halogens is 1. The lowest BCUT2D eigenvalue weighted by molar-refractivity contribution is -0.138. The molecule has 5 nitrogen and oxygen atoms in total. The van der Waals surface area contributed by atoms with Crippen LogP contribution in [0.2, 0.25) is 5.15 Å². The molecule has 0 saturated heterocycles. The summed E-state index contributed by atoms with van der Waals surface area (Å²) < 4.78 is 1.60. The van der Waals surface area contributed by atoms with E-state index in [-0.39, 0.29) is 10.8 Å². The standard InChI is InChI=1S/C10H10ClN3O2/c1-5-2-3-14-6(4-5)13-8(9(14)11)7(12)10(15)16/h2-4,7H,12H2,1H3,(H,15,16). The lowest BCUT2D eigenvalue weighted by atomic mass is 10.2. The van der Waals surface area contributed by atoms with Gasteiger partial charge in [-0.15, -0.1) is 0 Å². The highest BCUT2D eigenvalue weighted by Gasteiger charge is 2.22. The number of rotatable bonds is 2. The first-order chi connectivity index (χ1) is 7.50. The number of nitrogens with zero attached hydrogens (tertiary/aromatic N) is 2. The van der Waals surface area contributed by atoms with E-state index < -0.39 is 12.0 Å². The fraction of sp³-hybridized carbons (Fsp3) is 0.200. The minimum Gasteiger partial charge on any atom is -0.480 e. The number of nitrogens with two attached hydrogens (primary N) is 1. The van der Waals surface area contributed by atoms with Gasteiger partial charge >= 0.3 is 5.97 Å². The van der Waals surface area contributed by atoms with E-state index in [2.05, 4.69) is 4.98 Å². The number of aromatic nitrogens is 2. The third-order valence-corrected chi connectivity index (χ3v) is 2.68. The lowest BCUT2D eigenvalue weighted by Gasteiger charge is -2.01. The molecule has 0 aromatic carbocycles. The van der Waals surface area contributed by atoms with Gasteiger partial charge in [0.25, 0.3) is 0 Å². The van der Waals surface area contributed by atoms with Crippen LogP contribution >= 0.6 is 11.6 Å². The molecule has 0 aliphatic rings. The average Bonchev–Trinajstić information content (AvgIpc) is 2.54. The van der Waals surface area contributed by atoms with E-state index >= 15 is 0 Å². The number of imidazole rings is 1. The molecule has 2 aromatic heterocycles. The first-order valence-electron chi connectivity index (χ1n) is 4.63. The van der Waals surface area contributed by atoms with Crippen molar-refractivity contribution in [3.05, 3.63) is 34.7 Å². The van der Waals surface area contributed by atoms with Crippen LogP contribution in [-0.4, -0.2) is 20.5 Å². The van der Waals surface area contributed by atoms with E-state index in [0.717, 1.165) is 5.56 Å². The molecule has 0 spiro atoms. The van der Waals surface area contributed by atoms with Gasteiger partial charge in [0, 0.05) is 6.20 Å². The number of carboxylic acids is 1. The fourth-order valence-corrected chi connectivity index (χ4v) is 1.75. The summed E-state index contributed by atoms with van der Waals surface area (Å²) in [5, 5.41) is 9.05. The summed E-state index contributed by atoms with van der Waals surface area (Å²) in [6.45, 7) is 1.92. The maximum Gasteiger partial charge on any atom is 0.326 e. The van der Waals surface area contributed by atoms with Gasteiger partial charge in [-0.1, -0.05) is 11.6 Å². The van der Waals surface area contributed by atoms with Gasteiger partial charge in [-0.05, 0) is 24.6 Å². The molecule has 16 heavy (non-hydrogen) atoms. The SMILES string of the molecule is Cc1ccn2c(Cl)c(C(N)C(=O)O)nc2c1. The van der Waals surface area contributed by atoms with Gasteiger partial charge < -0.3 is 10.8 Å². The van der Waals surface area contributed by atoms with Gasteiger partial charge in [-0.2, -0.15) is 0 Å². The predicted molar refractivity (Wildman–Crippen MR) is 59.5 cm³/mol. The third-order valence-electron chi connectivity index (χ3n) is 2.31. The molecule has 2 rings (SSSR count). The first kappa shape index (κ1) is 10.9. The van der Waals surface area contributed by atoms with Crippen molar-refractivity contribution < 1.29 is 9.90 Å². The highest BCUT2D eigenvalue weighted by Crippen LogP contribution is 2.23. The van der Waals surface area contributed by atoms with Gasteiger partial charge in [0.1, 0.15) is 22.5 Å². The highest BCUT2D eigenvalue weighted by molar-refractivity contribution is 6.30. The van der Waals surface area contributed by atoms with Crippen molar-refractivity contribution in [2.45, 2.75) is 13.0 Å². The molecule has 6 heteroatoms. The van der Waals surface area contributed by atoms with E-state index in [1.807, 2.05) is 19.1 Å². The zero-order chi connectivity index (χ0) is 11.9. The Morgan fingerprint density at radius 1 is 1.69 bits per heavy atom. The molecule has 0 aliphatic heterocycles. The molecule has 0 fully saturated rings. The van der Waals surface area contributed by atoms with Crippen LogP contribution in [-0.2, 0) is 4.79 Å². The Kier molecular flexibility index (Phi) is 2.57. The first-order valence-corrected chi connectivity index (χ1v) is 5.01. The molecule has 1 atom stereocenters. The van der Waals surface area contributed by atoms with Crippen molar-refractivity contribution in [2.75, 3.05) is 0 Å². The molecular formula is C10H10ClN3O2. The summed E-state index contributed by atoms with van der Waals surface area (Å²) in [6, 6.07) is 2.47.